The van der Waals surface area contributed by atoms with Crippen LogP contribution in [-0.4, -0.2) is 38.0 Å². The van der Waals surface area contributed by atoms with Gasteiger partial charge in [-0.05, 0) is 13.3 Å². The lowest BCUT2D eigenvalue weighted by Gasteiger charge is -2.40. The molecule has 1 saturated heterocycles. The van der Waals surface area contributed by atoms with Crippen LogP contribution in [0, 0.1) is 0 Å². The minimum Gasteiger partial charge on any atom is -0.460 e. The molecule has 0 aromatic rings. The third-order valence-electron chi connectivity index (χ3n) is 2.78. The summed E-state index contributed by atoms with van der Waals surface area (Å²) < 4.78 is 15.8. The number of hydrogen-bond donors (Lipinski definition) is 0. The molecule has 1 fully saturated rings. The van der Waals surface area contributed by atoms with Gasteiger partial charge in [0.25, 0.3) is 0 Å². The van der Waals surface area contributed by atoms with Crippen LogP contribution in [0.15, 0.2) is 12.2 Å². The van der Waals surface area contributed by atoms with Crippen LogP contribution in [0.5, 0.6) is 0 Å². The maximum Gasteiger partial charge on any atom is 0.333 e. The van der Waals surface area contributed by atoms with Crippen molar-refractivity contribution in [2.45, 2.75) is 32.3 Å². The van der Waals surface area contributed by atoms with E-state index >= 15 is 0 Å². The molecule has 1 aliphatic heterocycles. The summed E-state index contributed by atoms with van der Waals surface area (Å²) in [5.41, 5.74) is 0.325. The Hall–Kier alpha value is -0.870. The Morgan fingerprint density at radius 3 is 2.62 bits per heavy atom. The van der Waals surface area contributed by atoms with Gasteiger partial charge in [-0.3, -0.25) is 0 Å². The fraction of sp³-hybridized carbons (Fsp3) is 0.750. The van der Waals surface area contributed by atoms with Gasteiger partial charge < -0.3 is 14.2 Å². The summed E-state index contributed by atoms with van der Waals surface area (Å²) in [4.78, 5) is 11.0. The lowest BCUT2D eigenvalue weighted by molar-refractivity contribution is -0.184. The summed E-state index contributed by atoms with van der Waals surface area (Å²) in [6.07, 6.45) is 2.01. The predicted octanol–water partition coefficient (Wildman–Crippen LogP) is 1.69. The van der Waals surface area contributed by atoms with Crippen LogP contribution in [0.4, 0.5) is 0 Å². The summed E-state index contributed by atoms with van der Waals surface area (Å²) in [6, 6.07) is 0. The summed E-state index contributed by atoms with van der Waals surface area (Å²) in [7, 11) is 0. The first-order valence-electron chi connectivity index (χ1n) is 5.64. The first-order chi connectivity index (χ1) is 7.59. The molecule has 0 amide bonds. The molecule has 0 saturated carbocycles. The highest BCUT2D eigenvalue weighted by atomic mass is 16.6. The second-order valence-corrected chi connectivity index (χ2v) is 4.10. The number of rotatable bonds is 7. The fourth-order valence-corrected chi connectivity index (χ4v) is 1.46. The Kier molecular flexibility index (Phi) is 4.96. The molecular weight excluding hydrogens is 208 g/mol. The van der Waals surface area contributed by atoms with E-state index in [1.807, 2.05) is 0 Å². The number of carbonyl (C=O) groups is 1. The fourth-order valence-electron chi connectivity index (χ4n) is 1.46. The summed E-state index contributed by atoms with van der Waals surface area (Å²) in [6.45, 7) is 9.28. The zero-order valence-electron chi connectivity index (χ0n) is 10.1. The SMILES string of the molecule is C=C(C)C(=O)OCCOCC1(CC)CCO1. The van der Waals surface area contributed by atoms with Crippen molar-refractivity contribution in [3.63, 3.8) is 0 Å². The molecule has 0 aromatic carbocycles. The molecule has 16 heavy (non-hydrogen) atoms. The number of ether oxygens (including phenoxy) is 3. The van der Waals surface area contributed by atoms with Crippen LogP contribution >= 0.6 is 0 Å². The third-order valence-corrected chi connectivity index (χ3v) is 2.78. The topological polar surface area (TPSA) is 44.8 Å². The predicted molar refractivity (Wildman–Crippen MR) is 60.2 cm³/mol. The zero-order valence-corrected chi connectivity index (χ0v) is 10.1. The van der Waals surface area contributed by atoms with E-state index in [-0.39, 0.29) is 18.2 Å². The van der Waals surface area contributed by atoms with E-state index in [1.54, 1.807) is 6.92 Å². The van der Waals surface area contributed by atoms with Crippen molar-refractivity contribution in [3.8, 4) is 0 Å². The Balaban J connectivity index is 2.04. The van der Waals surface area contributed by atoms with Gasteiger partial charge in [0.15, 0.2) is 0 Å². The molecule has 4 heteroatoms. The number of hydrogen-bond acceptors (Lipinski definition) is 4. The second kappa shape index (κ2) is 6.01. The molecule has 92 valence electrons. The van der Waals surface area contributed by atoms with Crippen LogP contribution in [0.1, 0.15) is 26.7 Å². The van der Waals surface area contributed by atoms with Crippen molar-refractivity contribution in [2.24, 2.45) is 0 Å². The molecular formula is C12H20O4. The van der Waals surface area contributed by atoms with Crippen molar-refractivity contribution in [1.82, 2.24) is 0 Å². The molecule has 0 radical (unpaired) electrons. The average molecular weight is 228 g/mol. The number of carbonyl (C=O) groups excluding carboxylic acids is 1. The molecule has 1 atom stereocenters. The van der Waals surface area contributed by atoms with Crippen LogP contribution in [0.25, 0.3) is 0 Å². The highest BCUT2D eigenvalue weighted by Gasteiger charge is 2.36. The Labute approximate surface area is 96.6 Å². The maximum atomic E-state index is 11.0. The minimum atomic E-state index is -0.367. The lowest BCUT2D eigenvalue weighted by Crippen LogP contribution is -2.47. The van der Waals surface area contributed by atoms with E-state index in [2.05, 4.69) is 13.5 Å². The normalized spacial score (nSPS) is 23.6. The van der Waals surface area contributed by atoms with Gasteiger partial charge in [0, 0.05) is 12.0 Å². The maximum absolute atomic E-state index is 11.0. The Morgan fingerprint density at radius 1 is 1.50 bits per heavy atom. The molecule has 0 aromatic heterocycles. The Morgan fingerprint density at radius 2 is 2.19 bits per heavy atom. The Bertz CT molecular complexity index is 250. The van der Waals surface area contributed by atoms with Crippen molar-refractivity contribution in [1.29, 1.82) is 0 Å². The van der Waals surface area contributed by atoms with Gasteiger partial charge in [-0.25, -0.2) is 4.79 Å². The highest BCUT2D eigenvalue weighted by Crippen LogP contribution is 2.29. The number of esters is 1. The zero-order chi connectivity index (χ0) is 12.0. The molecule has 1 aliphatic rings. The molecule has 0 N–H and O–H groups in total. The molecule has 4 nitrogen and oxygen atoms in total. The van der Waals surface area contributed by atoms with E-state index in [9.17, 15) is 4.79 Å². The van der Waals surface area contributed by atoms with Crippen LogP contribution in [0.3, 0.4) is 0 Å². The van der Waals surface area contributed by atoms with Crippen LogP contribution < -0.4 is 0 Å². The van der Waals surface area contributed by atoms with Crippen molar-refractivity contribution >= 4 is 5.97 Å². The van der Waals surface area contributed by atoms with Gasteiger partial charge in [0.05, 0.1) is 25.4 Å². The summed E-state index contributed by atoms with van der Waals surface area (Å²) in [5.74, 6) is -0.367. The largest absolute Gasteiger partial charge is 0.460 e. The monoisotopic (exact) mass is 228 g/mol. The van der Waals surface area contributed by atoms with Crippen LogP contribution in [0.2, 0.25) is 0 Å². The quantitative estimate of drug-likeness (QED) is 0.378. The standard InChI is InChI=1S/C12H20O4/c1-4-12(5-6-16-12)9-14-7-8-15-11(13)10(2)3/h2,4-9H2,1,3H3. The minimum absolute atomic E-state index is 0.0850. The molecule has 1 heterocycles. The van der Waals surface area contributed by atoms with Gasteiger partial charge in [-0.15, -0.1) is 0 Å². The average Bonchev–Trinajstić information content (AvgIpc) is 2.20. The van der Waals surface area contributed by atoms with Crippen LogP contribution in [-0.2, 0) is 19.0 Å². The van der Waals surface area contributed by atoms with Gasteiger partial charge in [-0.2, -0.15) is 0 Å². The first-order valence-corrected chi connectivity index (χ1v) is 5.64. The first kappa shape index (κ1) is 13.2. The van der Waals surface area contributed by atoms with E-state index in [0.717, 1.165) is 19.4 Å². The van der Waals surface area contributed by atoms with E-state index in [1.165, 1.54) is 0 Å². The molecule has 0 bridgehead atoms. The van der Waals surface area contributed by atoms with Gasteiger partial charge >= 0.3 is 5.97 Å². The second-order valence-electron chi connectivity index (χ2n) is 4.10. The molecule has 1 unspecified atom stereocenters. The van der Waals surface area contributed by atoms with Gasteiger partial charge in [0.2, 0.25) is 0 Å². The lowest BCUT2D eigenvalue weighted by atomic mass is 9.93. The molecule has 1 rings (SSSR count). The van der Waals surface area contributed by atoms with E-state index in [0.29, 0.717) is 18.8 Å². The molecule has 0 aliphatic carbocycles. The van der Waals surface area contributed by atoms with E-state index < -0.39 is 0 Å². The summed E-state index contributed by atoms with van der Waals surface area (Å²) in [5, 5.41) is 0. The van der Waals surface area contributed by atoms with Gasteiger partial charge in [-0.1, -0.05) is 13.5 Å². The van der Waals surface area contributed by atoms with Crippen molar-refractivity contribution in [2.75, 3.05) is 26.4 Å². The third kappa shape index (κ3) is 3.61. The van der Waals surface area contributed by atoms with E-state index in [4.69, 9.17) is 14.2 Å². The summed E-state index contributed by atoms with van der Waals surface area (Å²) >= 11 is 0. The van der Waals surface area contributed by atoms with Crippen molar-refractivity contribution < 1.29 is 19.0 Å². The van der Waals surface area contributed by atoms with Gasteiger partial charge in [0.1, 0.15) is 6.61 Å². The smallest absolute Gasteiger partial charge is 0.333 e. The van der Waals surface area contributed by atoms with Crippen molar-refractivity contribution in [3.05, 3.63) is 12.2 Å². The molecule has 0 spiro atoms. The highest BCUT2D eigenvalue weighted by molar-refractivity contribution is 5.86.